The standard InChI is InChI=1S/C20H24P.Li/c1-19(2,3)13-7-9-15-16-10-8-14(20(4,5)6)12-18(16)21-17(15)11-13;/h7-12H,1-6H3;/q-1;+1. The molecule has 22 heavy (non-hydrogen) atoms. The van der Waals surface area contributed by atoms with E-state index in [1.807, 2.05) is 0 Å². The molecule has 0 aliphatic carbocycles. The average molecular weight is 302 g/mol. The summed E-state index contributed by atoms with van der Waals surface area (Å²) in [5, 5.41) is 5.76. The van der Waals surface area contributed by atoms with Gasteiger partial charge in [-0.15, -0.1) is 0 Å². The Labute approximate surface area is 147 Å². The fourth-order valence-corrected chi connectivity index (χ4v) is 4.06. The zero-order chi connectivity index (χ0) is 15.4. The Morgan fingerprint density at radius 1 is 0.636 bits per heavy atom. The van der Waals surface area contributed by atoms with E-state index in [4.69, 9.17) is 0 Å². The van der Waals surface area contributed by atoms with Crippen LogP contribution in [0.1, 0.15) is 52.7 Å². The summed E-state index contributed by atoms with van der Waals surface area (Å²) in [5.41, 5.74) is 3.29. The van der Waals surface area contributed by atoms with E-state index < -0.39 is 0 Å². The fraction of sp³-hybridized carbons (Fsp3) is 0.400. The van der Waals surface area contributed by atoms with Crippen molar-refractivity contribution in [2.24, 2.45) is 0 Å². The van der Waals surface area contributed by atoms with Gasteiger partial charge < -0.3 is 8.19 Å². The molecule has 0 nitrogen and oxygen atoms in total. The summed E-state index contributed by atoms with van der Waals surface area (Å²) in [6.45, 7) is 13.7. The number of hydrogen-bond acceptors (Lipinski definition) is 0. The predicted molar refractivity (Wildman–Crippen MR) is 97.0 cm³/mol. The Bertz CT molecular complexity index is 745. The molecule has 0 aliphatic heterocycles. The molecule has 0 aliphatic rings. The topological polar surface area (TPSA) is 0 Å². The van der Waals surface area contributed by atoms with Gasteiger partial charge in [-0.05, 0) is 32.7 Å². The normalized spacial score (nSPS) is 12.6. The van der Waals surface area contributed by atoms with Crippen LogP contribution in [0, 0.1) is 0 Å². The molecule has 0 unspecified atom stereocenters. The maximum atomic E-state index is 2.40. The average Bonchev–Trinajstić information content (AvgIpc) is 2.73. The predicted octanol–water partition coefficient (Wildman–Crippen LogP) is 3.89. The Balaban J connectivity index is 0.00000176. The van der Waals surface area contributed by atoms with Crippen LogP contribution < -0.4 is 18.9 Å². The maximum Gasteiger partial charge on any atom is 1.00 e. The molecule has 0 saturated heterocycles. The van der Waals surface area contributed by atoms with Crippen molar-refractivity contribution in [3.8, 4) is 0 Å². The van der Waals surface area contributed by atoms with Crippen LogP contribution in [0.4, 0.5) is 0 Å². The van der Waals surface area contributed by atoms with Crippen molar-refractivity contribution in [3.63, 3.8) is 0 Å². The molecule has 1 heterocycles. The number of hydrogen-bond donors (Lipinski definition) is 0. The van der Waals surface area contributed by atoms with Gasteiger partial charge in [-0.1, -0.05) is 77.9 Å². The quantitative estimate of drug-likeness (QED) is 0.553. The second kappa shape index (κ2) is 5.76. The molecule has 0 N–H and O–H groups in total. The molecule has 110 valence electrons. The molecule has 0 atom stereocenters. The zero-order valence-electron chi connectivity index (χ0n) is 14.9. The molecular formula is C20H24LiP. The summed E-state index contributed by atoms with van der Waals surface area (Å²) in [5.74, 6) is 0. The van der Waals surface area contributed by atoms with Crippen molar-refractivity contribution >= 4 is 29.2 Å². The molecule has 1 aromatic heterocycles. The van der Waals surface area contributed by atoms with Gasteiger partial charge in [-0.2, -0.15) is 10.2 Å². The molecule has 0 fully saturated rings. The van der Waals surface area contributed by atoms with Crippen molar-refractivity contribution < 1.29 is 18.9 Å². The minimum absolute atomic E-state index is 0. The number of fused-ring (bicyclic) bond motifs is 3. The van der Waals surface area contributed by atoms with Gasteiger partial charge in [0.1, 0.15) is 0 Å². The summed E-state index contributed by atoms with van der Waals surface area (Å²) in [4.78, 5) is 0. The molecule has 0 amide bonds. The van der Waals surface area contributed by atoms with E-state index in [9.17, 15) is 0 Å². The zero-order valence-corrected chi connectivity index (χ0v) is 15.8. The van der Waals surface area contributed by atoms with Crippen LogP contribution in [0.5, 0.6) is 0 Å². The van der Waals surface area contributed by atoms with Gasteiger partial charge in [0.05, 0.1) is 0 Å². The van der Waals surface area contributed by atoms with E-state index in [0.717, 1.165) is 0 Å². The molecule has 0 radical (unpaired) electrons. The number of benzene rings is 2. The maximum absolute atomic E-state index is 2.40. The third-order valence-electron chi connectivity index (χ3n) is 4.26. The van der Waals surface area contributed by atoms with Crippen molar-refractivity contribution in [1.82, 2.24) is 0 Å². The van der Waals surface area contributed by atoms with Crippen molar-refractivity contribution in [1.29, 1.82) is 0 Å². The Morgan fingerprint density at radius 2 is 1.00 bits per heavy atom. The summed E-state index contributed by atoms with van der Waals surface area (Å²) in [7, 11) is 1.36. The van der Waals surface area contributed by atoms with Gasteiger partial charge in [-0.3, -0.25) is 0 Å². The van der Waals surface area contributed by atoms with Gasteiger partial charge in [0, 0.05) is 0 Å². The van der Waals surface area contributed by atoms with E-state index in [1.54, 1.807) is 0 Å². The molecule has 3 aromatic rings. The van der Waals surface area contributed by atoms with Crippen LogP contribution in [0.3, 0.4) is 0 Å². The van der Waals surface area contributed by atoms with E-state index in [0.29, 0.717) is 0 Å². The second-order valence-electron chi connectivity index (χ2n) is 8.08. The second-order valence-corrected chi connectivity index (χ2v) is 9.26. The first-order chi connectivity index (χ1) is 9.66. The first kappa shape index (κ1) is 17.7. The van der Waals surface area contributed by atoms with Crippen LogP contribution >= 0.6 is 8.19 Å². The minimum Gasteiger partial charge on any atom is -0.514 e. The van der Waals surface area contributed by atoms with Crippen molar-refractivity contribution in [3.05, 3.63) is 47.5 Å². The van der Waals surface area contributed by atoms with Crippen molar-refractivity contribution in [2.45, 2.75) is 52.4 Å². The third-order valence-corrected chi connectivity index (χ3v) is 5.48. The van der Waals surface area contributed by atoms with Gasteiger partial charge in [0.25, 0.3) is 0 Å². The first-order valence-corrected chi connectivity index (χ1v) is 8.57. The SMILES string of the molecule is CC(C)(C)c1ccc2c(c1)[p-]c1cc(C(C)(C)C)ccc12.[Li+]. The molecule has 0 bridgehead atoms. The largest absolute Gasteiger partial charge is 1.00 e. The van der Waals surface area contributed by atoms with Crippen LogP contribution in [0.15, 0.2) is 36.4 Å². The number of rotatable bonds is 0. The van der Waals surface area contributed by atoms with Gasteiger partial charge >= 0.3 is 18.9 Å². The van der Waals surface area contributed by atoms with Crippen LogP contribution in [0.25, 0.3) is 21.0 Å². The summed E-state index contributed by atoms with van der Waals surface area (Å²) in [6, 6.07) is 14.0. The van der Waals surface area contributed by atoms with E-state index in [1.165, 1.54) is 40.3 Å². The van der Waals surface area contributed by atoms with E-state index in [2.05, 4.69) is 77.9 Å². The molecule has 0 spiro atoms. The smallest absolute Gasteiger partial charge is 0.514 e. The van der Waals surface area contributed by atoms with Gasteiger partial charge in [0.2, 0.25) is 0 Å². The molecule has 0 saturated carbocycles. The first-order valence-electron chi connectivity index (χ1n) is 7.67. The molecule has 3 rings (SSSR count). The van der Waals surface area contributed by atoms with Gasteiger partial charge in [0.15, 0.2) is 0 Å². The minimum atomic E-state index is 0. The van der Waals surface area contributed by atoms with Crippen LogP contribution in [0.2, 0.25) is 0 Å². The van der Waals surface area contributed by atoms with Crippen molar-refractivity contribution in [2.75, 3.05) is 0 Å². The summed E-state index contributed by atoms with van der Waals surface area (Å²) >= 11 is 0. The third kappa shape index (κ3) is 3.16. The summed E-state index contributed by atoms with van der Waals surface area (Å²) in [6.07, 6.45) is 0. The van der Waals surface area contributed by atoms with Crippen LogP contribution in [-0.2, 0) is 10.8 Å². The Hall–Kier alpha value is -0.663. The van der Waals surface area contributed by atoms with Gasteiger partial charge in [-0.25, -0.2) is 0 Å². The Kier molecular flexibility index (Phi) is 4.63. The molecular weight excluding hydrogens is 278 g/mol. The van der Waals surface area contributed by atoms with E-state index >= 15 is 0 Å². The fourth-order valence-electron chi connectivity index (χ4n) is 2.77. The van der Waals surface area contributed by atoms with E-state index in [-0.39, 0.29) is 29.7 Å². The van der Waals surface area contributed by atoms with Crippen LogP contribution in [-0.4, -0.2) is 0 Å². The summed E-state index contributed by atoms with van der Waals surface area (Å²) < 4.78 is 0. The molecule has 2 aromatic carbocycles. The Morgan fingerprint density at radius 3 is 1.32 bits per heavy atom. The monoisotopic (exact) mass is 302 g/mol. The molecule has 2 heteroatoms.